The van der Waals surface area contributed by atoms with E-state index in [-0.39, 0.29) is 5.82 Å². The van der Waals surface area contributed by atoms with E-state index in [1.165, 1.54) is 77.3 Å². The molecule has 0 bridgehead atoms. The second-order valence-corrected chi connectivity index (χ2v) is 13.6. The molecular weight excluding hydrogens is 776 g/mol. The van der Waals surface area contributed by atoms with Crippen molar-refractivity contribution < 1.29 is 4.39 Å². The lowest BCUT2D eigenvalue weighted by Crippen LogP contribution is -1.93. The third-order valence-electron chi connectivity index (χ3n) is 9.70. The number of rotatable bonds is 7. The average Bonchev–Trinajstić information content (AvgIpc) is 3.36. The van der Waals surface area contributed by atoms with E-state index in [1.807, 2.05) is 129 Å². The van der Waals surface area contributed by atoms with Crippen LogP contribution in [0.4, 0.5) is 4.39 Å². The summed E-state index contributed by atoms with van der Waals surface area (Å²) in [6.45, 7) is 36.3. The molecule has 7 rings (SSSR count). The molecule has 0 saturated heterocycles. The van der Waals surface area contributed by atoms with Crippen molar-refractivity contribution >= 4 is 43.5 Å². The van der Waals surface area contributed by atoms with Gasteiger partial charge in [0.05, 0.1) is 0 Å². The zero-order chi connectivity index (χ0) is 48.6. The number of hydrogen-bond donors (Lipinski definition) is 0. The molecule has 0 aromatic heterocycles. The first kappa shape index (κ1) is 58.2. The maximum absolute atomic E-state index is 13.2. The monoisotopic (exact) mass is 859 g/mol. The van der Waals surface area contributed by atoms with Crippen molar-refractivity contribution in [2.75, 3.05) is 0 Å². The van der Waals surface area contributed by atoms with Gasteiger partial charge >= 0.3 is 0 Å². The summed E-state index contributed by atoms with van der Waals surface area (Å²) in [5.41, 5.74) is 12.1. The summed E-state index contributed by atoms with van der Waals surface area (Å²) in [6, 6.07) is 46.9. The molecule has 0 nitrogen and oxygen atoms in total. The summed E-state index contributed by atoms with van der Waals surface area (Å²) in [5, 5.41) is 7.70. The van der Waals surface area contributed by atoms with Crippen molar-refractivity contribution in [3.8, 4) is 11.1 Å². The van der Waals surface area contributed by atoms with Gasteiger partial charge in [-0.25, -0.2) is 4.39 Å². The van der Waals surface area contributed by atoms with Crippen LogP contribution in [0.3, 0.4) is 0 Å². The molecule has 0 heterocycles. The van der Waals surface area contributed by atoms with Crippen LogP contribution in [0.25, 0.3) is 54.6 Å². The summed E-state index contributed by atoms with van der Waals surface area (Å²) >= 11 is 0. The number of halogens is 1. The molecule has 64 heavy (non-hydrogen) atoms. The zero-order valence-electron chi connectivity index (χ0n) is 43.2. The second kappa shape index (κ2) is 33.7. The molecule has 0 unspecified atom stereocenters. The van der Waals surface area contributed by atoms with Gasteiger partial charge in [0.25, 0.3) is 0 Å². The molecule has 0 N–H and O–H groups in total. The van der Waals surface area contributed by atoms with Crippen LogP contribution < -0.4 is 0 Å². The summed E-state index contributed by atoms with van der Waals surface area (Å²) in [6.07, 6.45) is 11.8. The van der Waals surface area contributed by atoms with E-state index in [0.29, 0.717) is 0 Å². The first-order chi connectivity index (χ1) is 31.3. The summed E-state index contributed by atoms with van der Waals surface area (Å²) in [7, 11) is 0. The molecular formula is C63H83F. The molecule has 0 fully saturated rings. The second-order valence-electron chi connectivity index (χ2n) is 13.6. The van der Waals surface area contributed by atoms with Crippen LogP contribution in [0.1, 0.15) is 139 Å². The number of fused-ring (bicyclic) bond motifs is 3. The smallest absolute Gasteiger partial charge is 0.123 e. The SMILES string of the molecule is C/C=C(\C=C/Cc1ccc(C)cc1)c1c2ccccc2c(-c2ccc3ccccc3c2)c2ccccc12.C/C=C\C(=C(C)C)c1cc(F)ccc1C.CC.CC.CC.CC.CC.CC. The third kappa shape index (κ3) is 16.4. The minimum atomic E-state index is -0.182. The maximum atomic E-state index is 13.2. The van der Waals surface area contributed by atoms with Crippen LogP contribution in [0.2, 0.25) is 0 Å². The molecule has 7 aromatic rings. The van der Waals surface area contributed by atoms with Crippen LogP contribution in [-0.4, -0.2) is 0 Å². The van der Waals surface area contributed by atoms with Gasteiger partial charge in [-0.15, -0.1) is 0 Å². The molecule has 0 amide bonds. The highest BCUT2D eigenvalue weighted by Crippen LogP contribution is 2.42. The number of benzene rings is 7. The fourth-order valence-electron chi connectivity index (χ4n) is 7.04. The highest BCUT2D eigenvalue weighted by molar-refractivity contribution is 6.19. The molecule has 0 saturated carbocycles. The van der Waals surface area contributed by atoms with Crippen molar-refractivity contribution in [2.24, 2.45) is 0 Å². The highest BCUT2D eigenvalue weighted by atomic mass is 19.1. The van der Waals surface area contributed by atoms with Gasteiger partial charge in [0.15, 0.2) is 0 Å². The summed E-state index contributed by atoms with van der Waals surface area (Å²) in [4.78, 5) is 0. The van der Waals surface area contributed by atoms with E-state index in [2.05, 4.69) is 147 Å². The fourth-order valence-corrected chi connectivity index (χ4v) is 7.04. The number of allylic oxidation sites excluding steroid dienone is 8. The molecule has 7 aromatic carbocycles. The highest BCUT2D eigenvalue weighted by Gasteiger charge is 2.16. The molecule has 1 heteroatoms. The van der Waals surface area contributed by atoms with Crippen molar-refractivity contribution in [1.29, 1.82) is 0 Å². The lowest BCUT2D eigenvalue weighted by atomic mass is 9.85. The van der Waals surface area contributed by atoms with E-state index in [9.17, 15) is 4.39 Å². The van der Waals surface area contributed by atoms with Gasteiger partial charge in [0.1, 0.15) is 5.82 Å². The Kier molecular flexibility index (Phi) is 30.7. The predicted molar refractivity (Wildman–Crippen MR) is 294 cm³/mol. The number of hydrogen-bond acceptors (Lipinski definition) is 0. The Morgan fingerprint density at radius 3 is 1.52 bits per heavy atom. The van der Waals surface area contributed by atoms with E-state index in [1.54, 1.807) is 6.07 Å². The van der Waals surface area contributed by atoms with Gasteiger partial charge in [-0.1, -0.05) is 240 Å². The maximum Gasteiger partial charge on any atom is 0.123 e. The van der Waals surface area contributed by atoms with Crippen LogP contribution in [0.5, 0.6) is 0 Å². The molecule has 0 radical (unpaired) electrons. The number of aryl methyl sites for hydroxylation is 2. The molecule has 0 aliphatic carbocycles. The van der Waals surface area contributed by atoms with Crippen LogP contribution in [-0.2, 0) is 6.42 Å². The Morgan fingerprint density at radius 1 is 0.516 bits per heavy atom. The van der Waals surface area contributed by atoms with E-state index in [0.717, 1.165) is 23.1 Å². The predicted octanol–water partition coefficient (Wildman–Crippen LogP) is 21.0. The Balaban J connectivity index is 0.00000123. The van der Waals surface area contributed by atoms with Gasteiger partial charge in [0.2, 0.25) is 0 Å². The Bertz CT molecular complexity index is 2420. The van der Waals surface area contributed by atoms with Crippen LogP contribution >= 0.6 is 0 Å². The average molecular weight is 859 g/mol. The largest absolute Gasteiger partial charge is 0.207 e. The zero-order valence-corrected chi connectivity index (χ0v) is 43.2. The Morgan fingerprint density at radius 2 is 1.02 bits per heavy atom. The topological polar surface area (TPSA) is 0 Å². The van der Waals surface area contributed by atoms with Crippen molar-refractivity contribution in [3.63, 3.8) is 0 Å². The van der Waals surface area contributed by atoms with Gasteiger partial charge in [-0.3, -0.25) is 0 Å². The molecule has 0 spiro atoms. The van der Waals surface area contributed by atoms with Crippen molar-refractivity contribution in [2.45, 2.75) is 131 Å². The van der Waals surface area contributed by atoms with E-state index in [4.69, 9.17) is 0 Å². The standard InChI is InChI=1S/C37H30.C14H17F.6C2H6/c1-3-28(14-10-11-27-21-19-26(2)20-22-27)36-32-15-6-8-17-34(32)37(35-18-9-7-16-33(35)36)31-24-23-29-12-4-5-13-30(29)25-31;1-5-6-13(10(2)3)14-9-12(15)8-7-11(14)4;6*1-2/h3-10,12-25H,11H2,1-2H3;5-9H,1-4H3;6*1-2H3/b14-10-,28-3+;6-5-;;;;;;. The van der Waals surface area contributed by atoms with Crippen LogP contribution in [0, 0.1) is 19.7 Å². The first-order valence-electron chi connectivity index (χ1n) is 24.2. The first-order valence-corrected chi connectivity index (χ1v) is 24.2. The molecule has 0 aliphatic heterocycles. The van der Waals surface area contributed by atoms with E-state index >= 15 is 0 Å². The quantitative estimate of drug-likeness (QED) is 0.111. The lowest BCUT2D eigenvalue weighted by Gasteiger charge is -2.18. The molecule has 0 atom stereocenters. The fraction of sp³-hybridized carbons (Fsp3) is 0.302. The molecule has 0 aliphatic rings. The van der Waals surface area contributed by atoms with Gasteiger partial charge in [-0.2, -0.15) is 0 Å². The van der Waals surface area contributed by atoms with Crippen molar-refractivity contribution in [1.82, 2.24) is 0 Å². The van der Waals surface area contributed by atoms with Crippen molar-refractivity contribution in [3.05, 3.63) is 203 Å². The lowest BCUT2D eigenvalue weighted by molar-refractivity contribution is 0.627. The van der Waals surface area contributed by atoms with Gasteiger partial charge in [-0.05, 0) is 143 Å². The van der Waals surface area contributed by atoms with Gasteiger partial charge < -0.3 is 0 Å². The minimum absolute atomic E-state index is 0.182. The minimum Gasteiger partial charge on any atom is -0.207 e. The van der Waals surface area contributed by atoms with Gasteiger partial charge in [0, 0.05) is 0 Å². The van der Waals surface area contributed by atoms with E-state index < -0.39 is 0 Å². The third-order valence-corrected chi connectivity index (χ3v) is 9.70. The Hall–Kier alpha value is -5.79. The van der Waals surface area contributed by atoms with Crippen LogP contribution in [0.15, 0.2) is 169 Å². The molecule has 342 valence electrons. The Labute approximate surface area is 391 Å². The summed E-state index contributed by atoms with van der Waals surface area (Å²) < 4.78 is 13.2. The normalized spacial score (nSPS) is 10.1. The summed E-state index contributed by atoms with van der Waals surface area (Å²) in [5.74, 6) is -0.182.